The molecule has 4 rings (SSSR count). The third-order valence-electron chi connectivity index (χ3n) is 6.50. The van der Waals surface area contributed by atoms with Crippen LogP contribution < -0.4 is 10.2 Å². The number of carbonyl (C=O) groups is 2. The highest BCUT2D eigenvalue weighted by Gasteiger charge is 2.42. The molecular weight excluding hydrogens is 527 g/mol. The van der Waals surface area contributed by atoms with Gasteiger partial charge >= 0.3 is 13.6 Å². The van der Waals surface area contributed by atoms with Crippen LogP contribution in [0.4, 0.5) is 5.69 Å². The summed E-state index contributed by atoms with van der Waals surface area (Å²) >= 11 is 0. The monoisotopic (exact) mass is 558 g/mol. The van der Waals surface area contributed by atoms with Crippen LogP contribution in [0.25, 0.3) is 11.1 Å². The van der Waals surface area contributed by atoms with Crippen LogP contribution in [0.1, 0.15) is 23.3 Å². The van der Waals surface area contributed by atoms with Crippen LogP contribution in [0, 0.1) is 0 Å². The zero-order chi connectivity index (χ0) is 28.5. The number of benzene rings is 4. The standard InChI is InChI=1S/C31H31N2O6P/c34-29(35)20-21-32-30(36)28(22-23-16-18-25(19-17-23)24-10-4-1-5-11-24)33(27-14-8-3-9-15-27)31(40(37,38)39)26-12-6-2-7-13-26/h1-19,28,31H,20-22H2,(H,32,36)(H,34,35)(H2,37,38,39)/t28-,31?/m0/s1. The highest BCUT2D eigenvalue weighted by molar-refractivity contribution is 7.52. The molecule has 4 aromatic carbocycles. The summed E-state index contributed by atoms with van der Waals surface area (Å²) < 4.78 is 13.1. The number of rotatable bonds is 12. The Kier molecular flexibility index (Phi) is 9.51. The molecule has 0 aliphatic rings. The van der Waals surface area contributed by atoms with Crippen LogP contribution in [-0.2, 0) is 20.6 Å². The lowest BCUT2D eigenvalue weighted by molar-refractivity contribution is -0.136. The molecule has 0 heterocycles. The number of nitrogens with one attached hydrogen (secondary N) is 1. The Hall–Kier alpha value is -4.23. The molecule has 0 radical (unpaired) electrons. The van der Waals surface area contributed by atoms with Crippen LogP contribution in [0.5, 0.6) is 0 Å². The Morgan fingerprint density at radius 3 is 1.82 bits per heavy atom. The van der Waals surface area contributed by atoms with Gasteiger partial charge in [-0.3, -0.25) is 14.2 Å². The van der Waals surface area contributed by atoms with E-state index in [-0.39, 0.29) is 19.4 Å². The molecular formula is C31H31N2O6P. The second kappa shape index (κ2) is 13.2. The van der Waals surface area contributed by atoms with Gasteiger partial charge in [-0.05, 0) is 34.4 Å². The van der Waals surface area contributed by atoms with E-state index in [2.05, 4.69) is 5.32 Å². The van der Waals surface area contributed by atoms with E-state index >= 15 is 0 Å². The second-order valence-corrected chi connectivity index (χ2v) is 11.0. The van der Waals surface area contributed by atoms with Crippen LogP contribution in [0.2, 0.25) is 0 Å². The number of anilines is 1. The highest BCUT2D eigenvalue weighted by atomic mass is 31.2. The maximum atomic E-state index is 13.7. The molecule has 0 aromatic heterocycles. The van der Waals surface area contributed by atoms with Gasteiger partial charge in [-0.25, -0.2) is 0 Å². The number of hydrogen-bond donors (Lipinski definition) is 4. The zero-order valence-corrected chi connectivity index (χ0v) is 22.6. The molecule has 0 bridgehead atoms. The highest BCUT2D eigenvalue weighted by Crippen LogP contribution is 2.55. The van der Waals surface area contributed by atoms with Gasteiger partial charge in [0, 0.05) is 18.7 Å². The van der Waals surface area contributed by atoms with E-state index in [1.165, 1.54) is 4.90 Å². The number of aliphatic carboxylic acids is 1. The number of amides is 1. The molecule has 9 heteroatoms. The van der Waals surface area contributed by atoms with Crippen molar-refractivity contribution < 1.29 is 29.0 Å². The summed E-state index contributed by atoms with van der Waals surface area (Å²) in [5.41, 5.74) is 3.59. The number of hydrogen-bond acceptors (Lipinski definition) is 4. The van der Waals surface area contributed by atoms with Gasteiger partial charge in [0.25, 0.3) is 0 Å². The average molecular weight is 559 g/mol. The maximum absolute atomic E-state index is 13.7. The first-order valence-corrected chi connectivity index (χ1v) is 14.5. The third-order valence-corrected chi connectivity index (χ3v) is 7.68. The van der Waals surface area contributed by atoms with Gasteiger partial charge in [0.15, 0.2) is 5.78 Å². The summed E-state index contributed by atoms with van der Waals surface area (Å²) in [5, 5.41) is 11.8. The van der Waals surface area contributed by atoms with Crippen molar-refractivity contribution in [3.05, 3.63) is 126 Å². The number of para-hydroxylation sites is 1. The summed E-state index contributed by atoms with van der Waals surface area (Å²) in [5.74, 6) is -3.06. The Morgan fingerprint density at radius 2 is 1.27 bits per heavy atom. The molecule has 0 fully saturated rings. The molecule has 4 N–H and O–H groups in total. The minimum absolute atomic E-state index is 0.117. The predicted molar refractivity (Wildman–Crippen MR) is 155 cm³/mol. The molecule has 0 saturated carbocycles. The van der Waals surface area contributed by atoms with Gasteiger partial charge in [-0.1, -0.05) is 103 Å². The normalized spacial score (nSPS) is 12.8. The molecule has 0 aliphatic heterocycles. The minimum atomic E-state index is -4.86. The van der Waals surface area contributed by atoms with Gasteiger partial charge in [0.05, 0.1) is 6.42 Å². The molecule has 2 atom stereocenters. The van der Waals surface area contributed by atoms with Gasteiger partial charge in [-0.2, -0.15) is 0 Å². The summed E-state index contributed by atoms with van der Waals surface area (Å²) in [6, 6.07) is 33.4. The van der Waals surface area contributed by atoms with E-state index in [0.717, 1.165) is 16.7 Å². The molecule has 4 aromatic rings. The maximum Gasteiger partial charge on any atom is 0.352 e. The lowest BCUT2D eigenvalue weighted by Gasteiger charge is -2.39. The SMILES string of the molecule is O=C(O)CCNC(=O)[C@H](Cc1ccc(-c2ccccc2)cc1)N(c1ccccc1)C(c1ccccc1)P(=O)(O)O. The van der Waals surface area contributed by atoms with Crippen molar-refractivity contribution in [2.24, 2.45) is 0 Å². The second-order valence-electron chi connectivity index (χ2n) is 9.33. The molecule has 206 valence electrons. The van der Waals surface area contributed by atoms with Crippen molar-refractivity contribution in [1.82, 2.24) is 5.32 Å². The van der Waals surface area contributed by atoms with Crippen molar-refractivity contribution in [2.45, 2.75) is 24.7 Å². The van der Waals surface area contributed by atoms with Crippen molar-refractivity contribution in [2.75, 3.05) is 11.4 Å². The van der Waals surface area contributed by atoms with E-state index in [9.17, 15) is 23.9 Å². The third kappa shape index (κ3) is 7.45. The molecule has 0 spiro atoms. The minimum Gasteiger partial charge on any atom is -0.481 e. The number of nitrogens with zero attached hydrogens (tertiary/aromatic N) is 1. The smallest absolute Gasteiger partial charge is 0.352 e. The average Bonchev–Trinajstić information content (AvgIpc) is 2.95. The van der Waals surface area contributed by atoms with E-state index in [1.54, 1.807) is 60.7 Å². The molecule has 1 amide bonds. The van der Waals surface area contributed by atoms with Gasteiger partial charge in [-0.15, -0.1) is 0 Å². The van der Waals surface area contributed by atoms with Crippen LogP contribution in [-0.4, -0.2) is 39.4 Å². The quantitative estimate of drug-likeness (QED) is 0.175. The topological polar surface area (TPSA) is 127 Å². The lowest BCUT2D eigenvalue weighted by Crippen LogP contribution is -2.50. The fourth-order valence-corrected chi connectivity index (χ4v) is 5.83. The van der Waals surface area contributed by atoms with Crippen molar-refractivity contribution in [3.63, 3.8) is 0 Å². The van der Waals surface area contributed by atoms with Gasteiger partial charge in [0.1, 0.15) is 6.04 Å². The Balaban J connectivity index is 1.78. The summed E-state index contributed by atoms with van der Waals surface area (Å²) in [4.78, 5) is 47.5. The molecule has 1 unspecified atom stereocenters. The predicted octanol–water partition coefficient (Wildman–Crippen LogP) is 5.24. The summed E-state index contributed by atoms with van der Waals surface area (Å²) in [6.45, 7) is -0.119. The van der Waals surface area contributed by atoms with Crippen molar-refractivity contribution in [3.8, 4) is 11.1 Å². The number of carbonyl (C=O) groups excluding carboxylic acids is 1. The van der Waals surface area contributed by atoms with Crippen molar-refractivity contribution in [1.29, 1.82) is 0 Å². The van der Waals surface area contributed by atoms with E-state index in [0.29, 0.717) is 11.3 Å². The first kappa shape index (κ1) is 28.8. The lowest BCUT2D eigenvalue weighted by atomic mass is 9.98. The fraction of sp³-hybridized carbons (Fsp3) is 0.161. The summed E-state index contributed by atoms with van der Waals surface area (Å²) in [6.07, 6.45) is -0.164. The zero-order valence-electron chi connectivity index (χ0n) is 21.7. The van der Waals surface area contributed by atoms with Crippen molar-refractivity contribution >= 4 is 25.2 Å². The first-order chi connectivity index (χ1) is 19.2. The first-order valence-electron chi connectivity index (χ1n) is 12.8. The fourth-order valence-electron chi connectivity index (χ4n) is 4.65. The van der Waals surface area contributed by atoms with E-state index < -0.39 is 31.3 Å². The Labute approximate surface area is 233 Å². The van der Waals surface area contributed by atoms with Crippen LogP contribution in [0.15, 0.2) is 115 Å². The molecule has 0 aliphatic carbocycles. The van der Waals surface area contributed by atoms with Gasteiger partial charge in [0.2, 0.25) is 5.91 Å². The largest absolute Gasteiger partial charge is 0.481 e. The Morgan fingerprint density at radius 1 is 0.750 bits per heavy atom. The van der Waals surface area contributed by atoms with E-state index in [1.807, 2.05) is 54.6 Å². The summed E-state index contributed by atoms with van der Waals surface area (Å²) in [7, 11) is -4.86. The number of carboxylic acid groups (broad SMARTS) is 1. The van der Waals surface area contributed by atoms with Gasteiger partial charge < -0.3 is 25.1 Å². The number of carboxylic acids is 1. The molecule has 40 heavy (non-hydrogen) atoms. The molecule has 8 nitrogen and oxygen atoms in total. The van der Waals surface area contributed by atoms with Crippen LogP contribution >= 0.6 is 7.60 Å². The van der Waals surface area contributed by atoms with Crippen LogP contribution in [0.3, 0.4) is 0 Å². The Bertz CT molecular complexity index is 1440. The molecule has 0 saturated heterocycles. The van der Waals surface area contributed by atoms with E-state index in [4.69, 9.17) is 5.11 Å².